The lowest BCUT2D eigenvalue weighted by Crippen LogP contribution is -2.48. The maximum absolute atomic E-state index is 5.60. The molecule has 0 amide bonds. The van der Waals surface area contributed by atoms with Gasteiger partial charge in [-0.15, -0.1) is 0 Å². The van der Waals surface area contributed by atoms with Crippen LogP contribution in [-0.2, 0) is 9.47 Å². The highest BCUT2D eigenvalue weighted by Gasteiger charge is 2.36. The van der Waals surface area contributed by atoms with Gasteiger partial charge in [0.2, 0.25) is 0 Å². The Kier molecular flexibility index (Phi) is 3.27. The smallest absolute Gasteiger partial charge is 0.166 e. The summed E-state index contributed by atoms with van der Waals surface area (Å²) in [5.74, 6) is 0.571. The number of benzene rings is 1. The van der Waals surface area contributed by atoms with Gasteiger partial charge in [0.1, 0.15) is 0 Å². The molecule has 1 aromatic rings. The predicted molar refractivity (Wildman–Crippen MR) is 71.5 cm³/mol. The monoisotopic (exact) mass is 247 g/mol. The van der Waals surface area contributed by atoms with E-state index in [4.69, 9.17) is 9.47 Å². The molecule has 0 unspecified atom stereocenters. The minimum Gasteiger partial charge on any atom is -0.371 e. The molecule has 18 heavy (non-hydrogen) atoms. The largest absolute Gasteiger partial charge is 0.371 e. The lowest BCUT2D eigenvalue weighted by atomic mass is 9.94. The lowest BCUT2D eigenvalue weighted by Gasteiger charge is -2.43. The number of piperidine rings is 1. The molecule has 0 saturated carbocycles. The number of hydrogen-bond donors (Lipinski definition) is 0. The molecule has 0 atom stereocenters. The van der Waals surface area contributed by atoms with Crippen LogP contribution in [0.4, 0.5) is 5.69 Å². The summed E-state index contributed by atoms with van der Waals surface area (Å²) in [5, 5.41) is 0. The fourth-order valence-electron chi connectivity index (χ4n) is 2.94. The quantitative estimate of drug-likeness (QED) is 0.802. The SMILES string of the molecule is Cc1ccccc1N1CCC(C2OC(C)O2)CC1. The zero-order valence-corrected chi connectivity index (χ0v) is 11.1. The third kappa shape index (κ3) is 2.25. The van der Waals surface area contributed by atoms with Crippen molar-refractivity contribution in [1.29, 1.82) is 0 Å². The first-order valence-electron chi connectivity index (χ1n) is 6.85. The fourth-order valence-corrected chi connectivity index (χ4v) is 2.94. The molecule has 2 aliphatic rings. The highest BCUT2D eigenvalue weighted by Crippen LogP contribution is 2.32. The van der Waals surface area contributed by atoms with Crippen molar-refractivity contribution in [2.24, 2.45) is 5.92 Å². The standard InChI is InChI=1S/C15H21NO2/c1-11-5-3-4-6-14(11)16-9-7-13(8-10-16)15-17-12(2)18-15/h3-6,12-13,15H,7-10H2,1-2H3. The Balaban J connectivity index is 1.58. The first-order chi connectivity index (χ1) is 8.74. The van der Waals surface area contributed by atoms with Crippen LogP contribution in [0.1, 0.15) is 25.3 Å². The Morgan fingerprint density at radius 1 is 1.11 bits per heavy atom. The second-order valence-corrected chi connectivity index (χ2v) is 5.32. The van der Waals surface area contributed by atoms with Gasteiger partial charge in [-0.05, 0) is 38.3 Å². The van der Waals surface area contributed by atoms with Gasteiger partial charge in [0.05, 0.1) is 0 Å². The van der Waals surface area contributed by atoms with E-state index >= 15 is 0 Å². The Labute approximate surface area is 109 Å². The van der Waals surface area contributed by atoms with Crippen LogP contribution in [0.15, 0.2) is 24.3 Å². The van der Waals surface area contributed by atoms with Crippen LogP contribution in [0.2, 0.25) is 0 Å². The molecule has 0 spiro atoms. The summed E-state index contributed by atoms with van der Waals surface area (Å²) in [5.41, 5.74) is 2.74. The van der Waals surface area contributed by atoms with Crippen molar-refractivity contribution in [1.82, 2.24) is 0 Å². The fraction of sp³-hybridized carbons (Fsp3) is 0.600. The number of nitrogens with zero attached hydrogens (tertiary/aromatic N) is 1. The molecular formula is C15H21NO2. The molecule has 3 nitrogen and oxygen atoms in total. The van der Waals surface area contributed by atoms with Crippen LogP contribution in [0.25, 0.3) is 0 Å². The molecule has 2 heterocycles. The summed E-state index contributed by atoms with van der Waals surface area (Å²) < 4.78 is 11.2. The molecule has 0 aliphatic carbocycles. The van der Waals surface area contributed by atoms with Crippen LogP contribution in [0, 0.1) is 12.8 Å². The van der Waals surface area contributed by atoms with Gasteiger partial charge in [0.15, 0.2) is 12.6 Å². The van der Waals surface area contributed by atoms with E-state index in [1.54, 1.807) is 0 Å². The van der Waals surface area contributed by atoms with Gasteiger partial charge >= 0.3 is 0 Å². The summed E-state index contributed by atoms with van der Waals surface area (Å²) >= 11 is 0. The molecular weight excluding hydrogens is 226 g/mol. The second kappa shape index (κ2) is 4.90. The van der Waals surface area contributed by atoms with E-state index in [0.29, 0.717) is 5.92 Å². The van der Waals surface area contributed by atoms with E-state index in [-0.39, 0.29) is 12.6 Å². The Morgan fingerprint density at radius 3 is 2.39 bits per heavy atom. The summed E-state index contributed by atoms with van der Waals surface area (Å²) in [6, 6.07) is 8.62. The van der Waals surface area contributed by atoms with Crippen LogP contribution in [-0.4, -0.2) is 25.7 Å². The van der Waals surface area contributed by atoms with Crippen molar-refractivity contribution in [2.45, 2.75) is 39.3 Å². The van der Waals surface area contributed by atoms with Gasteiger partial charge in [-0.3, -0.25) is 0 Å². The predicted octanol–water partition coefficient (Wildman–Crippen LogP) is 2.93. The van der Waals surface area contributed by atoms with Crippen molar-refractivity contribution < 1.29 is 9.47 Å². The number of anilines is 1. The van der Waals surface area contributed by atoms with Crippen LogP contribution < -0.4 is 4.90 Å². The number of ether oxygens (including phenoxy) is 2. The molecule has 3 heteroatoms. The molecule has 2 aliphatic heterocycles. The van der Waals surface area contributed by atoms with E-state index in [1.165, 1.54) is 11.3 Å². The summed E-state index contributed by atoms with van der Waals surface area (Å²) in [6.07, 6.45) is 2.38. The molecule has 0 radical (unpaired) electrons. The molecule has 2 saturated heterocycles. The van der Waals surface area contributed by atoms with E-state index < -0.39 is 0 Å². The van der Waals surface area contributed by atoms with Crippen molar-refractivity contribution in [3.05, 3.63) is 29.8 Å². The first kappa shape index (κ1) is 12.0. The Hall–Kier alpha value is -1.06. The van der Waals surface area contributed by atoms with Crippen molar-refractivity contribution in [3.63, 3.8) is 0 Å². The Bertz CT molecular complexity index is 407. The normalized spacial score (nSPS) is 29.1. The molecule has 1 aromatic carbocycles. The second-order valence-electron chi connectivity index (χ2n) is 5.32. The van der Waals surface area contributed by atoms with Crippen molar-refractivity contribution in [3.8, 4) is 0 Å². The van der Waals surface area contributed by atoms with E-state index in [9.17, 15) is 0 Å². The molecule has 98 valence electrons. The van der Waals surface area contributed by atoms with Crippen molar-refractivity contribution >= 4 is 5.69 Å². The minimum atomic E-state index is 0.00407. The number of hydrogen-bond acceptors (Lipinski definition) is 3. The maximum Gasteiger partial charge on any atom is 0.166 e. The average molecular weight is 247 g/mol. The van der Waals surface area contributed by atoms with E-state index in [1.807, 2.05) is 6.92 Å². The minimum absolute atomic E-state index is 0.00407. The highest BCUT2D eigenvalue weighted by molar-refractivity contribution is 5.53. The third-order valence-corrected chi connectivity index (χ3v) is 4.03. The lowest BCUT2D eigenvalue weighted by molar-refractivity contribution is -0.393. The zero-order valence-electron chi connectivity index (χ0n) is 11.1. The van der Waals surface area contributed by atoms with Gasteiger partial charge in [0.25, 0.3) is 0 Å². The van der Waals surface area contributed by atoms with Gasteiger partial charge in [0, 0.05) is 24.7 Å². The molecule has 0 N–H and O–H groups in total. The summed E-state index contributed by atoms with van der Waals surface area (Å²) in [4.78, 5) is 2.48. The van der Waals surface area contributed by atoms with E-state index in [0.717, 1.165) is 25.9 Å². The molecule has 0 aromatic heterocycles. The third-order valence-electron chi connectivity index (χ3n) is 4.03. The van der Waals surface area contributed by atoms with Gasteiger partial charge in [-0.1, -0.05) is 18.2 Å². The maximum atomic E-state index is 5.60. The summed E-state index contributed by atoms with van der Waals surface area (Å²) in [6.45, 7) is 6.35. The first-order valence-corrected chi connectivity index (χ1v) is 6.85. The van der Waals surface area contributed by atoms with E-state index in [2.05, 4.69) is 36.1 Å². The Morgan fingerprint density at radius 2 is 1.78 bits per heavy atom. The van der Waals surface area contributed by atoms with Gasteiger partial charge < -0.3 is 14.4 Å². The zero-order chi connectivity index (χ0) is 12.5. The average Bonchev–Trinajstić information content (AvgIpc) is 2.36. The topological polar surface area (TPSA) is 21.7 Å². The molecule has 2 fully saturated rings. The van der Waals surface area contributed by atoms with Crippen LogP contribution >= 0.6 is 0 Å². The number of para-hydroxylation sites is 1. The van der Waals surface area contributed by atoms with Crippen molar-refractivity contribution in [2.75, 3.05) is 18.0 Å². The van der Waals surface area contributed by atoms with Crippen LogP contribution in [0.3, 0.4) is 0 Å². The molecule has 0 bridgehead atoms. The summed E-state index contributed by atoms with van der Waals surface area (Å²) in [7, 11) is 0. The van der Waals surface area contributed by atoms with Gasteiger partial charge in [-0.2, -0.15) is 0 Å². The number of rotatable bonds is 2. The highest BCUT2D eigenvalue weighted by atomic mass is 16.9. The van der Waals surface area contributed by atoms with Crippen LogP contribution in [0.5, 0.6) is 0 Å². The number of aryl methyl sites for hydroxylation is 1. The molecule has 3 rings (SSSR count). The van der Waals surface area contributed by atoms with Gasteiger partial charge in [-0.25, -0.2) is 0 Å².